The van der Waals surface area contributed by atoms with Gasteiger partial charge in [0, 0.05) is 38.9 Å². The molecule has 1 heterocycles. The van der Waals surface area contributed by atoms with E-state index in [-0.39, 0.29) is 5.91 Å². The highest BCUT2D eigenvalue weighted by Crippen LogP contribution is 2.41. The molecule has 4 rings (SSSR count). The van der Waals surface area contributed by atoms with Gasteiger partial charge < -0.3 is 19.2 Å². The number of nitrogens with one attached hydrogen (secondary N) is 1. The molecule has 1 amide bonds. The average molecular weight is 476 g/mol. The first-order valence-corrected chi connectivity index (χ1v) is 11.2. The lowest BCUT2D eigenvalue weighted by Gasteiger charge is -2.14. The number of carbonyl (C=O) groups is 1. The van der Waals surface area contributed by atoms with Crippen LogP contribution >= 0.6 is 11.6 Å². The minimum atomic E-state index is -0.247. The monoisotopic (exact) mass is 475 g/mol. The molecule has 0 radical (unpaired) electrons. The van der Waals surface area contributed by atoms with Gasteiger partial charge in [-0.3, -0.25) is 4.79 Å². The number of halogens is 1. The second-order valence-corrected chi connectivity index (χ2v) is 8.55. The summed E-state index contributed by atoms with van der Waals surface area (Å²) in [4.78, 5) is 12.8. The van der Waals surface area contributed by atoms with Crippen molar-refractivity contribution in [2.24, 2.45) is 0 Å². The molecule has 174 valence electrons. The third-order valence-electron chi connectivity index (χ3n) is 5.86. The van der Waals surface area contributed by atoms with E-state index in [2.05, 4.69) is 5.32 Å². The minimum absolute atomic E-state index is 0.247. The predicted octanol–water partition coefficient (Wildman–Crippen LogP) is 7.43. The number of furan rings is 1. The highest BCUT2D eigenvalue weighted by Gasteiger charge is 2.19. The first-order valence-electron chi connectivity index (χ1n) is 10.8. The van der Waals surface area contributed by atoms with Crippen molar-refractivity contribution in [3.8, 4) is 22.6 Å². The first kappa shape index (κ1) is 23.5. The molecule has 6 heteroatoms. The van der Waals surface area contributed by atoms with Crippen LogP contribution in [0.25, 0.3) is 27.7 Å². The molecule has 1 N–H and O–H groups in total. The van der Waals surface area contributed by atoms with Crippen molar-refractivity contribution in [2.45, 2.75) is 20.8 Å². The van der Waals surface area contributed by atoms with Crippen LogP contribution in [0.3, 0.4) is 0 Å². The molecule has 0 saturated carbocycles. The smallest absolute Gasteiger partial charge is 0.248 e. The standard InChI is InChI=1S/C28H26ClNO4/c1-16-9-10-20(29)13-25(16)30-26(31)11-17(2)22-14-23-24(19-7-6-8-21(12-19)32-4)15-34-28(23)18(3)27(22)33-5/h6-15H,1-5H3,(H,30,31)/b17-11+. The fourth-order valence-corrected chi connectivity index (χ4v) is 4.23. The summed E-state index contributed by atoms with van der Waals surface area (Å²) >= 11 is 6.09. The van der Waals surface area contributed by atoms with Crippen LogP contribution in [-0.2, 0) is 4.79 Å². The van der Waals surface area contributed by atoms with Crippen LogP contribution in [0, 0.1) is 13.8 Å². The van der Waals surface area contributed by atoms with Gasteiger partial charge in [0.2, 0.25) is 5.91 Å². The zero-order valence-electron chi connectivity index (χ0n) is 19.8. The Bertz CT molecular complexity index is 1420. The van der Waals surface area contributed by atoms with Gasteiger partial charge in [-0.15, -0.1) is 0 Å². The molecule has 4 aromatic rings. The van der Waals surface area contributed by atoms with Gasteiger partial charge in [-0.25, -0.2) is 0 Å². The normalized spacial score (nSPS) is 11.5. The van der Waals surface area contributed by atoms with E-state index in [1.807, 2.05) is 57.2 Å². The maximum atomic E-state index is 12.8. The molecular weight excluding hydrogens is 450 g/mol. The molecule has 0 spiro atoms. The second-order valence-electron chi connectivity index (χ2n) is 8.12. The summed E-state index contributed by atoms with van der Waals surface area (Å²) < 4.78 is 17.0. The van der Waals surface area contributed by atoms with Gasteiger partial charge in [0.25, 0.3) is 0 Å². The number of allylic oxidation sites excluding steroid dienone is 1. The molecule has 1 aromatic heterocycles. The Kier molecular flexibility index (Phi) is 6.66. The Morgan fingerprint density at radius 2 is 1.85 bits per heavy atom. The maximum Gasteiger partial charge on any atom is 0.248 e. The molecule has 0 saturated heterocycles. The van der Waals surface area contributed by atoms with Crippen molar-refractivity contribution in [1.82, 2.24) is 0 Å². The van der Waals surface area contributed by atoms with Gasteiger partial charge in [-0.05, 0) is 67.8 Å². The molecule has 0 aliphatic heterocycles. The number of hydrogen-bond donors (Lipinski definition) is 1. The second kappa shape index (κ2) is 9.65. The molecule has 0 aliphatic carbocycles. The van der Waals surface area contributed by atoms with Crippen LogP contribution in [0.4, 0.5) is 5.69 Å². The molecule has 5 nitrogen and oxygen atoms in total. The van der Waals surface area contributed by atoms with E-state index >= 15 is 0 Å². The van der Waals surface area contributed by atoms with E-state index in [0.717, 1.165) is 50.1 Å². The summed E-state index contributed by atoms with van der Waals surface area (Å²) in [5.74, 6) is 1.18. The quantitative estimate of drug-likeness (QED) is 0.294. The SMILES string of the molecule is COc1cccc(-c2coc3c(C)c(OC)c(/C(C)=C/C(=O)Nc4cc(Cl)ccc4C)cc23)c1. The van der Waals surface area contributed by atoms with Crippen LogP contribution in [0.1, 0.15) is 23.6 Å². The summed E-state index contributed by atoms with van der Waals surface area (Å²) in [6.45, 7) is 5.76. The third kappa shape index (κ3) is 4.52. The Labute approximate surface area is 203 Å². The largest absolute Gasteiger partial charge is 0.497 e. The lowest BCUT2D eigenvalue weighted by molar-refractivity contribution is -0.111. The maximum absolute atomic E-state index is 12.8. The van der Waals surface area contributed by atoms with Gasteiger partial charge in [0.15, 0.2) is 0 Å². The fourth-order valence-electron chi connectivity index (χ4n) is 4.06. The summed E-state index contributed by atoms with van der Waals surface area (Å²) in [6.07, 6.45) is 3.30. The summed E-state index contributed by atoms with van der Waals surface area (Å²) in [5, 5.41) is 4.41. The molecule has 0 aliphatic rings. The Morgan fingerprint density at radius 1 is 1.06 bits per heavy atom. The summed E-state index contributed by atoms with van der Waals surface area (Å²) in [5.41, 5.74) is 6.70. The van der Waals surface area contributed by atoms with E-state index in [0.29, 0.717) is 16.5 Å². The number of benzene rings is 3. The zero-order valence-corrected chi connectivity index (χ0v) is 20.5. The predicted molar refractivity (Wildman–Crippen MR) is 138 cm³/mol. The lowest BCUT2D eigenvalue weighted by atomic mass is 9.96. The minimum Gasteiger partial charge on any atom is -0.497 e. The van der Waals surface area contributed by atoms with Gasteiger partial charge in [0.05, 0.1) is 20.5 Å². The van der Waals surface area contributed by atoms with Crippen molar-refractivity contribution in [3.63, 3.8) is 0 Å². The Balaban J connectivity index is 1.77. The third-order valence-corrected chi connectivity index (χ3v) is 6.09. The van der Waals surface area contributed by atoms with Gasteiger partial charge >= 0.3 is 0 Å². The highest BCUT2D eigenvalue weighted by molar-refractivity contribution is 6.31. The number of ether oxygens (including phenoxy) is 2. The average Bonchev–Trinajstić information content (AvgIpc) is 3.25. The number of rotatable bonds is 6. The van der Waals surface area contributed by atoms with Crippen LogP contribution in [0.2, 0.25) is 5.02 Å². The number of carbonyl (C=O) groups excluding carboxylic acids is 1. The molecule has 0 unspecified atom stereocenters. The number of methoxy groups -OCH3 is 2. The van der Waals surface area contributed by atoms with Crippen LogP contribution < -0.4 is 14.8 Å². The molecule has 3 aromatic carbocycles. The van der Waals surface area contributed by atoms with Crippen LogP contribution in [-0.4, -0.2) is 20.1 Å². The number of hydrogen-bond acceptors (Lipinski definition) is 4. The highest BCUT2D eigenvalue weighted by atomic mass is 35.5. The van der Waals surface area contributed by atoms with E-state index in [1.54, 1.807) is 38.7 Å². The van der Waals surface area contributed by atoms with E-state index in [1.165, 1.54) is 0 Å². The number of anilines is 1. The van der Waals surface area contributed by atoms with Gasteiger partial charge in [-0.1, -0.05) is 29.8 Å². The number of amides is 1. The fraction of sp³-hybridized carbons (Fsp3) is 0.179. The molecule has 0 fully saturated rings. The Hall–Kier alpha value is -3.70. The zero-order chi connectivity index (χ0) is 24.4. The molecular formula is C28H26ClNO4. The number of fused-ring (bicyclic) bond motifs is 1. The molecule has 0 atom stereocenters. The van der Waals surface area contributed by atoms with E-state index in [4.69, 9.17) is 25.5 Å². The van der Waals surface area contributed by atoms with E-state index in [9.17, 15) is 4.79 Å². The lowest BCUT2D eigenvalue weighted by Crippen LogP contribution is -2.10. The van der Waals surface area contributed by atoms with E-state index < -0.39 is 0 Å². The Morgan fingerprint density at radius 3 is 2.59 bits per heavy atom. The number of aryl methyl sites for hydroxylation is 2. The molecule has 0 bridgehead atoms. The topological polar surface area (TPSA) is 60.7 Å². The van der Waals surface area contributed by atoms with Gasteiger partial charge in [0.1, 0.15) is 17.1 Å². The van der Waals surface area contributed by atoms with Crippen LogP contribution in [0.5, 0.6) is 11.5 Å². The van der Waals surface area contributed by atoms with Crippen molar-refractivity contribution in [2.75, 3.05) is 19.5 Å². The van der Waals surface area contributed by atoms with Crippen molar-refractivity contribution in [3.05, 3.63) is 82.6 Å². The van der Waals surface area contributed by atoms with Crippen LogP contribution in [0.15, 0.2) is 65.3 Å². The van der Waals surface area contributed by atoms with Crippen molar-refractivity contribution < 1.29 is 18.7 Å². The summed E-state index contributed by atoms with van der Waals surface area (Å²) in [7, 11) is 3.26. The first-order chi connectivity index (χ1) is 16.3. The van der Waals surface area contributed by atoms with Crippen molar-refractivity contribution >= 4 is 39.7 Å². The molecule has 34 heavy (non-hydrogen) atoms. The summed E-state index contributed by atoms with van der Waals surface area (Å²) in [6, 6.07) is 15.2. The van der Waals surface area contributed by atoms with Gasteiger partial charge in [-0.2, -0.15) is 0 Å². The van der Waals surface area contributed by atoms with Crippen molar-refractivity contribution in [1.29, 1.82) is 0 Å².